The van der Waals surface area contributed by atoms with E-state index in [1.54, 1.807) is 0 Å². The second-order valence-corrected chi connectivity index (χ2v) is 2.78. The molecule has 4 nitrogen and oxygen atoms in total. The molecule has 0 amide bonds. The summed E-state index contributed by atoms with van der Waals surface area (Å²) in [7, 11) is -4.09. The molecule has 1 N–H and O–H groups in total. The average molecular weight is 337 g/mol. The van der Waals surface area contributed by atoms with E-state index in [9.17, 15) is 8.42 Å². The quantitative estimate of drug-likeness (QED) is 0.414. The Balaban J connectivity index is 0. The minimum atomic E-state index is -4.10. The van der Waals surface area contributed by atoms with E-state index in [0.717, 1.165) is 0 Å². The molecule has 0 aromatic carbocycles. The Morgan fingerprint density at radius 2 is 1.71 bits per heavy atom. The first kappa shape index (κ1) is 10.9. The van der Waals surface area contributed by atoms with Gasteiger partial charge in [-0.25, -0.2) is 0 Å². The summed E-state index contributed by atoms with van der Waals surface area (Å²) in [6.07, 6.45) is 0. The summed E-state index contributed by atoms with van der Waals surface area (Å²) in [5.41, 5.74) is 0. The first-order valence-corrected chi connectivity index (χ1v) is 3.27. The molecule has 0 fully saturated rings. The normalized spacial score (nSPS) is 10.4. The molecule has 0 aromatic heterocycles. The molecule has 0 atom stereocenters. The summed E-state index contributed by atoms with van der Waals surface area (Å²) < 4.78 is 30.0. The summed E-state index contributed by atoms with van der Waals surface area (Å²) >= 11 is 0. The van der Waals surface area contributed by atoms with Crippen LogP contribution >= 0.6 is 0 Å². The Morgan fingerprint density at radius 1 is 1.57 bits per heavy atom. The summed E-state index contributed by atoms with van der Waals surface area (Å²) in [6.45, 7) is 0. The topological polar surface area (TPSA) is 63.6 Å². The van der Waals surface area contributed by atoms with E-state index in [0.29, 0.717) is 0 Å². The molecule has 0 spiro atoms. The van der Waals surface area contributed by atoms with Gasteiger partial charge < -0.3 is 3.87 Å². The molecule has 0 aromatic rings. The monoisotopic (exact) mass is 338 g/mol. The van der Waals surface area contributed by atoms with Crippen molar-refractivity contribution < 1.29 is 16.8 Å². The fourth-order valence-corrected chi connectivity index (χ4v) is 0. The van der Waals surface area contributed by atoms with Crippen LogP contribution in [0, 0.1) is 0 Å². The molecule has 0 rings (SSSR count). The van der Waals surface area contributed by atoms with Gasteiger partial charge in [0.05, 0.1) is 0 Å². The van der Waals surface area contributed by atoms with Crippen molar-refractivity contribution in [1.29, 1.82) is 0 Å². The third-order valence-electron chi connectivity index (χ3n) is 0.211. The van der Waals surface area contributed by atoms with Gasteiger partial charge >= 0.3 is 37.7 Å². The van der Waals surface area contributed by atoms with Crippen molar-refractivity contribution in [3.05, 3.63) is 0 Å². The third-order valence-corrected chi connectivity index (χ3v) is 1.90. The number of rotatable bonds is 1. The molecule has 0 heterocycles. The van der Waals surface area contributed by atoms with Crippen molar-refractivity contribution in [3.63, 3.8) is 0 Å². The maximum absolute atomic E-state index is 9.37. The van der Waals surface area contributed by atoms with Crippen LogP contribution in [0.5, 0.6) is 0 Å². The predicted molar refractivity (Wildman–Crippen MR) is 31.1 cm³/mol. The molecule has 2 radical (unpaired) electrons. The molecule has 44 valence electrons. The van der Waals surface area contributed by atoms with E-state index in [2.05, 4.69) is 3.87 Å². The molecule has 0 unspecified atom stereocenters. The zero-order valence-electron chi connectivity index (χ0n) is 3.79. The van der Waals surface area contributed by atoms with Crippen molar-refractivity contribution in [2.24, 2.45) is 0 Å². The first-order chi connectivity index (χ1) is 2.56. The van der Waals surface area contributed by atoms with Gasteiger partial charge in [0.15, 0.2) is 10.5 Å². The zero-order chi connectivity index (χ0) is 5.21. The minimum absolute atomic E-state index is 0. The fraction of sp³-hybridized carbons (Fsp3) is 0. The molecular weight excluding hydrogens is 331 g/mol. The standard InChI is InChI=1S/H4O4SSi.Pb.2H/c1-5(2,3)4-6;;;/h6H3,(H,1,2,3);;;. The van der Waals surface area contributed by atoms with Gasteiger partial charge in [-0.1, -0.05) is 0 Å². The van der Waals surface area contributed by atoms with E-state index in [1.807, 2.05) is 0 Å². The van der Waals surface area contributed by atoms with Gasteiger partial charge in [0.25, 0.3) is 0 Å². The van der Waals surface area contributed by atoms with Gasteiger partial charge in [0.2, 0.25) is 0 Å². The zero-order valence-corrected chi connectivity index (χ0v) is 12.1. The van der Waals surface area contributed by atoms with Crippen LogP contribution in [0.2, 0.25) is 0 Å². The fourth-order valence-electron chi connectivity index (χ4n) is 0. The number of hydrogen-bond acceptors (Lipinski definition) is 3. The molecule has 7 heavy (non-hydrogen) atoms. The van der Waals surface area contributed by atoms with E-state index in [-0.39, 0.29) is 37.8 Å². The van der Waals surface area contributed by atoms with Crippen LogP contribution in [0.4, 0.5) is 0 Å². The Bertz CT molecular complexity index is 114. The van der Waals surface area contributed by atoms with Crippen LogP contribution in [0.25, 0.3) is 0 Å². The van der Waals surface area contributed by atoms with Crippen molar-refractivity contribution in [2.75, 3.05) is 0 Å². The average Bonchev–Trinajstić information content (AvgIpc) is 1.35. The first-order valence-electron chi connectivity index (χ1n) is 1.09. The van der Waals surface area contributed by atoms with E-state index in [4.69, 9.17) is 4.55 Å². The molecular formula is H6O4PbSSi. The van der Waals surface area contributed by atoms with E-state index < -0.39 is 10.4 Å². The van der Waals surface area contributed by atoms with Gasteiger partial charge in [-0.2, -0.15) is 8.42 Å². The van der Waals surface area contributed by atoms with Gasteiger partial charge in [0, 0.05) is 0 Å². The Labute approximate surface area is 64.9 Å². The summed E-state index contributed by atoms with van der Waals surface area (Å²) in [6, 6.07) is 0. The molecule has 0 aliphatic carbocycles. The molecule has 0 bridgehead atoms. The molecule has 0 saturated carbocycles. The molecule has 0 aliphatic heterocycles. The molecule has 7 heteroatoms. The van der Waals surface area contributed by atoms with E-state index >= 15 is 0 Å². The van der Waals surface area contributed by atoms with Gasteiger partial charge in [-0.3, -0.25) is 4.55 Å². The SMILES string of the molecule is O=S(=O)(O)O[SiH3].[PbH2]. The molecule has 0 aliphatic rings. The van der Waals surface area contributed by atoms with Crippen LogP contribution in [0.1, 0.15) is 0 Å². The Hall–Kier alpha value is 1.01. The van der Waals surface area contributed by atoms with Crippen molar-refractivity contribution in [3.8, 4) is 0 Å². The van der Waals surface area contributed by atoms with Crippen molar-refractivity contribution in [2.45, 2.75) is 0 Å². The Kier molecular flexibility index (Phi) is 6.14. The number of hydrogen-bond donors (Lipinski definition) is 1. The second-order valence-electron chi connectivity index (χ2n) is 0.594. The van der Waals surface area contributed by atoms with Gasteiger partial charge in [0.1, 0.15) is 0 Å². The van der Waals surface area contributed by atoms with Crippen LogP contribution in [-0.4, -0.2) is 50.8 Å². The van der Waals surface area contributed by atoms with Gasteiger partial charge in [-0.05, 0) is 0 Å². The Morgan fingerprint density at radius 3 is 1.71 bits per heavy atom. The van der Waals surface area contributed by atoms with Crippen LogP contribution in [-0.2, 0) is 14.3 Å². The van der Waals surface area contributed by atoms with Crippen molar-refractivity contribution in [1.82, 2.24) is 0 Å². The van der Waals surface area contributed by atoms with E-state index in [1.165, 1.54) is 0 Å². The van der Waals surface area contributed by atoms with Crippen LogP contribution in [0.3, 0.4) is 0 Å². The van der Waals surface area contributed by atoms with Gasteiger partial charge in [-0.15, -0.1) is 0 Å². The second kappa shape index (κ2) is 3.95. The summed E-state index contributed by atoms with van der Waals surface area (Å²) in [5.74, 6) is 0. The third kappa shape index (κ3) is 10.9. The summed E-state index contributed by atoms with van der Waals surface area (Å²) in [4.78, 5) is 0. The predicted octanol–water partition coefficient (Wildman–Crippen LogP) is -2.83. The van der Waals surface area contributed by atoms with Crippen LogP contribution < -0.4 is 0 Å². The van der Waals surface area contributed by atoms with Crippen molar-refractivity contribution >= 4 is 48.2 Å². The summed E-state index contributed by atoms with van der Waals surface area (Å²) in [5, 5.41) is 0. The van der Waals surface area contributed by atoms with Crippen LogP contribution in [0.15, 0.2) is 0 Å². The molecule has 0 saturated heterocycles. The maximum atomic E-state index is 9.37.